The van der Waals surface area contributed by atoms with Crippen molar-refractivity contribution in [3.8, 4) is 0 Å². The Morgan fingerprint density at radius 2 is 1.72 bits per heavy atom. The van der Waals surface area contributed by atoms with Gasteiger partial charge in [-0.1, -0.05) is 36.4 Å². The highest BCUT2D eigenvalue weighted by Crippen LogP contribution is 2.23. The summed E-state index contributed by atoms with van der Waals surface area (Å²) in [5.74, 6) is 0. The van der Waals surface area contributed by atoms with Crippen molar-refractivity contribution in [1.29, 1.82) is 0 Å². The Morgan fingerprint density at radius 1 is 1.00 bits per heavy atom. The number of hydrogen-bond donors (Lipinski definition) is 1. The monoisotopic (exact) mass is 240 g/mol. The van der Waals surface area contributed by atoms with E-state index in [1.165, 1.54) is 21.9 Å². The molecule has 1 aliphatic rings. The molecular formula is C16H20N2. The van der Waals surface area contributed by atoms with Gasteiger partial charge in [0.1, 0.15) is 0 Å². The Balaban J connectivity index is 1.94. The van der Waals surface area contributed by atoms with E-state index in [1.54, 1.807) is 0 Å². The Morgan fingerprint density at radius 3 is 2.50 bits per heavy atom. The maximum atomic E-state index is 3.41. The van der Waals surface area contributed by atoms with Crippen molar-refractivity contribution in [3.05, 3.63) is 47.5 Å². The Kier molecular flexibility index (Phi) is 3.31. The van der Waals surface area contributed by atoms with Gasteiger partial charge in [-0.15, -0.1) is 0 Å². The summed E-state index contributed by atoms with van der Waals surface area (Å²) in [5.41, 5.74) is 2.83. The average molecular weight is 240 g/mol. The number of fused-ring (bicyclic) bond motifs is 1. The number of benzene rings is 2. The Labute approximate surface area is 109 Å². The van der Waals surface area contributed by atoms with E-state index in [2.05, 4.69) is 53.5 Å². The van der Waals surface area contributed by atoms with E-state index >= 15 is 0 Å². The number of rotatable bonds is 2. The molecule has 0 bridgehead atoms. The molecule has 3 rings (SSSR count). The third kappa shape index (κ3) is 2.26. The molecule has 1 saturated heterocycles. The van der Waals surface area contributed by atoms with Gasteiger partial charge in [0.05, 0.1) is 0 Å². The molecule has 1 fully saturated rings. The topological polar surface area (TPSA) is 15.3 Å². The quantitative estimate of drug-likeness (QED) is 0.868. The molecule has 0 atom stereocenters. The number of piperazine rings is 1. The largest absolute Gasteiger partial charge is 0.314 e. The summed E-state index contributed by atoms with van der Waals surface area (Å²) in [6.45, 7) is 7.80. The number of aryl methyl sites for hydroxylation is 1. The molecule has 0 aromatic heterocycles. The van der Waals surface area contributed by atoms with Crippen LogP contribution < -0.4 is 5.32 Å². The molecular weight excluding hydrogens is 220 g/mol. The molecule has 2 aromatic rings. The number of nitrogens with zero attached hydrogens (tertiary/aromatic N) is 1. The van der Waals surface area contributed by atoms with Crippen LogP contribution in [0.3, 0.4) is 0 Å². The van der Waals surface area contributed by atoms with Crippen LogP contribution in [0, 0.1) is 6.92 Å². The molecule has 2 nitrogen and oxygen atoms in total. The van der Waals surface area contributed by atoms with Gasteiger partial charge in [0.25, 0.3) is 0 Å². The third-order valence-corrected chi connectivity index (χ3v) is 3.84. The van der Waals surface area contributed by atoms with Crippen LogP contribution >= 0.6 is 0 Å². The first-order valence-corrected chi connectivity index (χ1v) is 6.75. The third-order valence-electron chi connectivity index (χ3n) is 3.84. The van der Waals surface area contributed by atoms with Crippen molar-refractivity contribution >= 4 is 10.8 Å². The van der Waals surface area contributed by atoms with Gasteiger partial charge < -0.3 is 5.32 Å². The summed E-state index contributed by atoms with van der Waals surface area (Å²) in [6, 6.07) is 13.3. The summed E-state index contributed by atoms with van der Waals surface area (Å²) < 4.78 is 0. The van der Waals surface area contributed by atoms with Crippen molar-refractivity contribution in [2.75, 3.05) is 26.2 Å². The maximum Gasteiger partial charge on any atom is 0.0240 e. The van der Waals surface area contributed by atoms with Crippen LogP contribution in [0.5, 0.6) is 0 Å². The minimum Gasteiger partial charge on any atom is -0.314 e. The highest BCUT2D eigenvalue weighted by atomic mass is 15.2. The predicted octanol–water partition coefficient (Wildman–Crippen LogP) is 2.55. The van der Waals surface area contributed by atoms with Gasteiger partial charge in [-0.3, -0.25) is 4.90 Å². The molecule has 1 N–H and O–H groups in total. The fraction of sp³-hybridized carbons (Fsp3) is 0.375. The van der Waals surface area contributed by atoms with Crippen LogP contribution in [0.15, 0.2) is 36.4 Å². The molecule has 0 radical (unpaired) electrons. The van der Waals surface area contributed by atoms with Gasteiger partial charge in [0.15, 0.2) is 0 Å². The standard InChI is InChI=1S/C16H20N2/c1-13-6-7-14(12-18-10-8-17-9-11-18)16-5-3-2-4-15(13)16/h2-7,17H,8-12H2,1H3. The van der Waals surface area contributed by atoms with E-state index in [-0.39, 0.29) is 0 Å². The van der Waals surface area contributed by atoms with E-state index in [4.69, 9.17) is 0 Å². The molecule has 2 aromatic carbocycles. The van der Waals surface area contributed by atoms with E-state index < -0.39 is 0 Å². The normalized spacial score (nSPS) is 17.2. The lowest BCUT2D eigenvalue weighted by atomic mass is 10.00. The second-order valence-electron chi connectivity index (χ2n) is 5.11. The van der Waals surface area contributed by atoms with Crippen molar-refractivity contribution < 1.29 is 0 Å². The van der Waals surface area contributed by atoms with Crippen LogP contribution in [0.25, 0.3) is 10.8 Å². The first kappa shape index (κ1) is 11.7. The van der Waals surface area contributed by atoms with Crippen LogP contribution in [0.4, 0.5) is 0 Å². The molecule has 0 unspecified atom stereocenters. The fourth-order valence-electron chi connectivity index (χ4n) is 2.76. The highest BCUT2D eigenvalue weighted by molar-refractivity contribution is 5.88. The second kappa shape index (κ2) is 5.09. The SMILES string of the molecule is Cc1ccc(CN2CCNCC2)c2ccccc12. The van der Waals surface area contributed by atoms with Crippen LogP contribution in [-0.4, -0.2) is 31.1 Å². The van der Waals surface area contributed by atoms with Gasteiger partial charge in [0.2, 0.25) is 0 Å². The summed E-state index contributed by atoms with van der Waals surface area (Å²) in [7, 11) is 0. The molecule has 1 heterocycles. The lowest BCUT2D eigenvalue weighted by Crippen LogP contribution is -2.42. The van der Waals surface area contributed by atoms with Crippen LogP contribution in [0.2, 0.25) is 0 Å². The van der Waals surface area contributed by atoms with E-state index in [0.29, 0.717) is 0 Å². The molecule has 0 aliphatic carbocycles. The van der Waals surface area contributed by atoms with Gasteiger partial charge in [-0.25, -0.2) is 0 Å². The van der Waals surface area contributed by atoms with Gasteiger partial charge in [0, 0.05) is 32.7 Å². The van der Waals surface area contributed by atoms with Gasteiger partial charge >= 0.3 is 0 Å². The number of hydrogen-bond acceptors (Lipinski definition) is 2. The minimum absolute atomic E-state index is 1.07. The number of nitrogens with one attached hydrogen (secondary N) is 1. The molecule has 0 saturated carbocycles. The van der Waals surface area contributed by atoms with E-state index in [1.807, 2.05) is 0 Å². The Bertz CT molecular complexity index is 542. The molecule has 0 spiro atoms. The lowest BCUT2D eigenvalue weighted by molar-refractivity contribution is 0.234. The van der Waals surface area contributed by atoms with E-state index in [0.717, 1.165) is 32.7 Å². The molecule has 94 valence electrons. The molecule has 2 heteroatoms. The zero-order valence-corrected chi connectivity index (χ0v) is 10.9. The first-order chi connectivity index (χ1) is 8.84. The van der Waals surface area contributed by atoms with Gasteiger partial charge in [-0.2, -0.15) is 0 Å². The van der Waals surface area contributed by atoms with Crippen molar-refractivity contribution in [1.82, 2.24) is 10.2 Å². The van der Waals surface area contributed by atoms with E-state index in [9.17, 15) is 0 Å². The summed E-state index contributed by atoms with van der Waals surface area (Å²) in [5, 5.41) is 6.21. The predicted molar refractivity (Wildman–Crippen MR) is 76.8 cm³/mol. The zero-order chi connectivity index (χ0) is 12.4. The van der Waals surface area contributed by atoms with Gasteiger partial charge in [-0.05, 0) is 28.8 Å². The molecule has 18 heavy (non-hydrogen) atoms. The van der Waals surface area contributed by atoms with Crippen LogP contribution in [-0.2, 0) is 6.54 Å². The van der Waals surface area contributed by atoms with Crippen molar-refractivity contribution in [3.63, 3.8) is 0 Å². The summed E-state index contributed by atoms with van der Waals surface area (Å²) in [6.07, 6.45) is 0. The lowest BCUT2D eigenvalue weighted by Gasteiger charge is -2.27. The minimum atomic E-state index is 1.07. The van der Waals surface area contributed by atoms with Crippen molar-refractivity contribution in [2.45, 2.75) is 13.5 Å². The second-order valence-corrected chi connectivity index (χ2v) is 5.11. The average Bonchev–Trinajstić information content (AvgIpc) is 2.44. The highest BCUT2D eigenvalue weighted by Gasteiger charge is 2.11. The maximum absolute atomic E-state index is 3.41. The first-order valence-electron chi connectivity index (χ1n) is 6.75. The smallest absolute Gasteiger partial charge is 0.0240 e. The van der Waals surface area contributed by atoms with Crippen molar-refractivity contribution in [2.24, 2.45) is 0 Å². The Hall–Kier alpha value is -1.38. The van der Waals surface area contributed by atoms with Crippen LogP contribution in [0.1, 0.15) is 11.1 Å². The summed E-state index contributed by atoms with van der Waals surface area (Å²) in [4.78, 5) is 2.54. The zero-order valence-electron chi connectivity index (χ0n) is 10.9. The molecule has 1 aliphatic heterocycles. The molecule has 0 amide bonds. The fourth-order valence-corrected chi connectivity index (χ4v) is 2.76. The summed E-state index contributed by atoms with van der Waals surface area (Å²) >= 11 is 0.